The van der Waals surface area contributed by atoms with E-state index in [1.165, 1.54) is 0 Å². The van der Waals surface area contributed by atoms with Crippen molar-refractivity contribution in [2.75, 3.05) is 0 Å². The summed E-state index contributed by atoms with van der Waals surface area (Å²) in [5.74, 6) is -1.15. The first-order valence-electron chi connectivity index (χ1n) is 8.25. The van der Waals surface area contributed by atoms with Gasteiger partial charge in [-0.1, -0.05) is 17.3 Å². The maximum atomic E-state index is 10.6. The van der Waals surface area contributed by atoms with Crippen molar-refractivity contribution in [1.82, 2.24) is 20.3 Å². The summed E-state index contributed by atoms with van der Waals surface area (Å²) in [5.41, 5.74) is 7.75. The smallest absolute Gasteiger partial charge is 0.490 e. The standard InChI is InChI=1S/C15H17N5O2.C2HF3O2/c1-9(2)21-12-5-3-4-10(6-12)14-17-15(22-20-14)13-7-11(8-16)18-19-13;3-2(4,5)1(6)7/h3-7,9H,8,16H2,1-2H3,(H,18,19);(H,6,7). The van der Waals surface area contributed by atoms with Crippen molar-refractivity contribution >= 4 is 5.97 Å². The quantitative estimate of drug-likeness (QED) is 0.580. The van der Waals surface area contributed by atoms with Gasteiger partial charge >= 0.3 is 12.1 Å². The largest absolute Gasteiger partial charge is 0.491 e. The van der Waals surface area contributed by atoms with Gasteiger partial charge in [-0.15, -0.1) is 0 Å². The second kappa shape index (κ2) is 9.19. The third-order valence-corrected chi connectivity index (χ3v) is 3.20. The van der Waals surface area contributed by atoms with Crippen LogP contribution in [0.25, 0.3) is 23.0 Å². The van der Waals surface area contributed by atoms with E-state index in [-0.39, 0.29) is 6.10 Å². The van der Waals surface area contributed by atoms with Crippen LogP contribution in [-0.4, -0.2) is 43.7 Å². The van der Waals surface area contributed by atoms with Crippen LogP contribution in [0, 0.1) is 0 Å². The van der Waals surface area contributed by atoms with Crippen molar-refractivity contribution in [3.63, 3.8) is 0 Å². The summed E-state index contributed by atoms with van der Waals surface area (Å²) >= 11 is 0. The van der Waals surface area contributed by atoms with Gasteiger partial charge in [-0.2, -0.15) is 23.3 Å². The summed E-state index contributed by atoms with van der Waals surface area (Å²) in [6, 6.07) is 9.35. The average molecular weight is 413 g/mol. The van der Waals surface area contributed by atoms with E-state index in [1.54, 1.807) is 6.07 Å². The van der Waals surface area contributed by atoms with Gasteiger partial charge in [-0.25, -0.2) is 4.79 Å². The second-order valence-electron chi connectivity index (χ2n) is 5.90. The SMILES string of the molecule is CC(C)Oc1cccc(-c2noc(-c3cc(CN)[nH]n3)n2)c1.O=C(O)C(F)(F)F. The summed E-state index contributed by atoms with van der Waals surface area (Å²) in [7, 11) is 0. The average Bonchev–Trinajstić information content (AvgIpc) is 3.30. The summed E-state index contributed by atoms with van der Waals surface area (Å²) < 4.78 is 42.7. The number of benzene rings is 1. The molecule has 156 valence electrons. The van der Waals surface area contributed by atoms with Crippen LogP contribution in [0.15, 0.2) is 34.9 Å². The number of carboxylic acids is 1. The molecule has 3 rings (SSSR count). The molecule has 29 heavy (non-hydrogen) atoms. The number of carbonyl (C=O) groups is 1. The maximum absolute atomic E-state index is 10.6. The van der Waals surface area contributed by atoms with Gasteiger partial charge in [0.05, 0.1) is 6.10 Å². The zero-order valence-corrected chi connectivity index (χ0v) is 15.4. The van der Waals surface area contributed by atoms with Crippen LogP contribution >= 0.6 is 0 Å². The predicted octanol–water partition coefficient (Wildman–Crippen LogP) is 3.01. The van der Waals surface area contributed by atoms with E-state index in [2.05, 4.69) is 20.3 Å². The summed E-state index contributed by atoms with van der Waals surface area (Å²) in [6.45, 7) is 4.33. The molecule has 9 nitrogen and oxygen atoms in total. The number of aliphatic carboxylic acids is 1. The highest BCUT2D eigenvalue weighted by atomic mass is 19.4. The van der Waals surface area contributed by atoms with E-state index >= 15 is 0 Å². The maximum Gasteiger partial charge on any atom is 0.490 e. The number of aromatic nitrogens is 4. The highest BCUT2D eigenvalue weighted by molar-refractivity contribution is 5.73. The molecule has 0 atom stereocenters. The molecule has 2 heterocycles. The topological polar surface area (TPSA) is 140 Å². The molecule has 0 radical (unpaired) electrons. The van der Waals surface area contributed by atoms with Crippen LogP contribution in [0.4, 0.5) is 13.2 Å². The molecule has 0 amide bonds. The van der Waals surface area contributed by atoms with E-state index in [4.69, 9.17) is 24.9 Å². The van der Waals surface area contributed by atoms with Gasteiger partial charge in [0.1, 0.15) is 5.75 Å². The van der Waals surface area contributed by atoms with Gasteiger partial charge in [0.25, 0.3) is 5.89 Å². The lowest BCUT2D eigenvalue weighted by Crippen LogP contribution is -2.21. The fraction of sp³-hybridized carbons (Fsp3) is 0.294. The number of nitrogens with one attached hydrogen (secondary N) is 1. The van der Waals surface area contributed by atoms with Crippen molar-refractivity contribution < 1.29 is 32.3 Å². The summed E-state index contributed by atoms with van der Waals surface area (Å²) in [4.78, 5) is 13.3. The van der Waals surface area contributed by atoms with Crippen LogP contribution in [-0.2, 0) is 11.3 Å². The Labute approximate surface area is 162 Å². The Morgan fingerprint density at radius 3 is 2.59 bits per heavy atom. The highest BCUT2D eigenvalue weighted by Gasteiger charge is 2.38. The van der Waals surface area contributed by atoms with E-state index in [0.29, 0.717) is 24.0 Å². The van der Waals surface area contributed by atoms with Crippen LogP contribution in [0.2, 0.25) is 0 Å². The molecule has 3 aromatic rings. The van der Waals surface area contributed by atoms with Gasteiger partial charge in [0, 0.05) is 17.8 Å². The Morgan fingerprint density at radius 2 is 2.03 bits per heavy atom. The fourth-order valence-corrected chi connectivity index (χ4v) is 2.00. The summed E-state index contributed by atoms with van der Waals surface area (Å²) in [5, 5.41) is 18.0. The Kier molecular flexibility index (Phi) is 6.93. The molecule has 0 spiro atoms. The summed E-state index contributed by atoms with van der Waals surface area (Å²) in [6.07, 6.45) is -4.98. The molecule has 12 heteroatoms. The van der Waals surface area contributed by atoms with E-state index in [1.807, 2.05) is 38.1 Å². The van der Waals surface area contributed by atoms with E-state index in [9.17, 15) is 13.2 Å². The molecule has 0 bridgehead atoms. The number of nitrogens with zero attached hydrogens (tertiary/aromatic N) is 3. The van der Waals surface area contributed by atoms with Gasteiger partial charge in [0.15, 0.2) is 5.69 Å². The van der Waals surface area contributed by atoms with Crippen molar-refractivity contribution in [1.29, 1.82) is 0 Å². The van der Waals surface area contributed by atoms with Crippen LogP contribution in [0.1, 0.15) is 19.5 Å². The first kappa shape index (κ1) is 21.9. The first-order valence-corrected chi connectivity index (χ1v) is 8.25. The molecule has 0 saturated carbocycles. The molecular weight excluding hydrogens is 395 g/mol. The first-order chi connectivity index (χ1) is 13.6. The Bertz CT molecular complexity index is 952. The number of ether oxygens (including phenoxy) is 1. The lowest BCUT2D eigenvalue weighted by atomic mass is 10.2. The number of H-pyrrole nitrogens is 1. The number of halogens is 3. The zero-order valence-electron chi connectivity index (χ0n) is 15.4. The predicted molar refractivity (Wildman–Crippen MR) is 94.7 cm³/mol. The molecule has 0 fully saturated rings. The van der Waals surface area contributed by atoms with Gasteiger partial charge < -0.3 is 20.1 Å². The third kappa shape index (κ3) is 6.31. The monoisotopic (exact) mass is 413 g/mol. The number of rotatable bonds is 5. The molecule has 2 aromatic heterocycles. The molecule has 0 aliphatic heterocycles. The Balaban J connectivity index is 0.000000370. The lowest BCUT2D eigenvalue weighted by Gasteiger charge is -2.09. The number of hydrogen-bond donors (Lipinski definition) is 3. The van der Waals surface area contributed by atoms with Crippen LogP contribution < -0.4 is 10.5 Å². The van der Waals surface area contributed by atoms with E-state index in [0.717, 1.165) is 17.0 Å². The van der Waals surface area contributed by atoms with Crippen LogP contribution in [0.5, 0.6) is 5.75 Å². The normalized spacial score (nSPS) is 11.1. The minimum absolute atomic E-state index is 0.106. The number of carboxylic acid groups (broad SMARTS) is 1. The molecule has 4 N–H and O–H groups in total. The lowest BCUT2D eigenvalue weighted by molar-refractivity contribution is -0.192. The number of nitrogens with two attached hydrogens (primary N) is 1. The highest BCUT2D eigenvalue weighted by Crippen LogP contribution is 2.24. The number of alkyl halides is 3. The molecule has 0 saturated heterocycles. The molecular formula is C17H18F3N5O4. The third-order valence-electron chi connectivity index (χ3n) is 3.20. The molecule has 0 unspecified atom stereocenters. The molecule has 0 aliphatic carbocycles. The van der Waals surface area contributed by atoms with Crippen LogP contribution in [0.3, 0.4) is 0 Å². The van der Waals surface area contributed by atoms with Gasteiger partial charge in [-0.3, -0.25) is 5.10 Å². The Hall–Kier alpha value is -3.41. The minimum atomic E-state index is -5.08. The minimum Gasteiger partial charge on any atom is -0.491 e. The second-order valence-corrected chi connectivity index (χ2v) is 5.90. The van der Waals surface area contributed by atoms with Crippen molar-refractivity contribution in [2.45, 2.75) is 32.7 Å². The zero-order chi connectivity index (χ0) is 21.6. The van der Waals surface area contributed by atoms with Crippen molar-refractivity contribution in [2.24, 2.45) is 5.73 Å². The van der Waals surface area contributed by atoms with E-state index < -0.39 is 12.1 Å². The van der Waals surface area contributed by atoms with Crippen molar-refractivity contribution in [3.8, 4) is 28.7 Å². The number of hydrogen-bond acceptors (Lipinski definition) is 7. The van der Waals surface area contributed by atoms with Gasteiger partial charge in [0.2, 0.25) is 5.82 Å². The number of aromatic amines is 1. The molecule has 1 aromatic carbocycles. The molecule has 0 aliphatic rings. The Morgan fingerprint density at radius 1 is 1.34 bits per heavy atom. The van der Waals surface area contributed by atoms with Crippen molar-refractivity contribution in [3.05, 3.63) is 36.0 Å². The fourth-order valence-electron chi connectivity index (χ4n) is 2.00. The van der Waals surface area contributed by atoms with Gasteiger partial charge in [-0.05, 0) is 32.0 Å².